The van der Waals surface area contributed by atoms with Crippen molar-refractivity contribution in [1.82, 2.24) is 0 Å². The molecule has 0 saturated heterocycles. The van der Waals surface area contributed by atoms with Crippen molar-refractivity contribution < 1.29 is 8.83 Å². The second-order valence-corrected chi connectivity index (χ2v) is 3.13. The van der Waals surface area contributed by atoms with Crippen LogP contribution in [0.5, 0.6) is 0 Å². The summed E-state index contributed by atoms with van der Waals surface area (Å²) in [6.07, 6.45) is 3.32. The molecule has 0 aliphatic rings. The summed E-state index contributed by atoms with van der Waals surface area (Å²) in [4.78, 5) is 0. The maximum absolute atomic E-state index is 5.30. The lowest BCUT2D eigenvalue weighted by Crippen LogP contribution is -1.99. The maximum Gasteiger partial charge on any atom is 0.115 e. The molecule has 0 aliphatic heterocycles. The highest BCUT2D eigenvalue weighted by Crippen LogP contribution is 2.26. The van der Waals surface area contributed by atoms with E-state index in [-0.39, 0.29) is 5.92 Å². The van der Waals surface area contributed by atoms with Gasteiger partial charge < -0.3 is 8.83 Å². The van der Waals surface area contributed by atoms with Gasteiger partial charge in [0.05, 0.1) is 18.4 Å². The topological polar surface area (TPSA) is 26.3 Å². The first-order chi connectivity index (χ1) is 6.42. The molecule has 2 aromatic heterocycles. The van der Waals surface area contributed by atoms with E-state index in [1.54, 1.807) is 12.5 Å². The molecule has 13 heavy (non-hydrogen) atoms. The zero-order valence-corrected chi connectivity index (χ0v) is 7.91. The minimum absolute atomic E-state index is 0.119. The van der Waals surface area contributed by atoms with Crippen LogP contribution in [-0.4, -0.2) is 5.75 Å². The Bertz CT molecular complexity index is 303. The zero-order chi connectivity index (χ0) is 9.10. The maximum atomic E-state index is 5.30. The molecule has 2 nitrogen and oxygen atoms in total. The Balaban J connectivity index is 2.29. The van der Waals surface area contributed by atoms with E-state index < -0.39 is 0 Å². The van der Waals surface area contributed by atoms with Crippen molar-refractivity contribution in [2.45, 2.75) is 5.92 Å². The van der Waals surface area contributed by atoms with Crippen LogP contribution in [0.4, 0.5) is 0 Å². The third kappa shape index (κ3) is 1.65. The summed E-state index contributed by atoms with van der Waals surface area (Å²) < 4.78 is 10.6. The van der Waals surface area contributed by atoms with E-state index in [9.17, 15) is 0 Å². The van der Waals surface area contributed by atoms with Crippen LogP contribution in [0.15, 0.2) is 45.6 Å². The molecular formula is C10H10O2S. The molecule has 0 spiro atoms. The van der Waals surface area contributed by atoms with E-state index in [2.05, 4.69) is 12.6 Å². The second kappa shape index (κ2) is 3.75. The summed E-state index contributed by atoms with van der Waals surface area (Å²) in [6, 6.07) is 7.61. The second-order valence-electron chi connectivity index (χ2n) is 2.77. The van der Waals surface area contributed by atoms with Crippen molar-refractivity contribution in [2.24, 2.45) is 0 Å². The van der Waals surface area contributed by atoms with Crippen molar-refractivity contribution in [3.05, 3.63) is 48.3 Å². The van der Waals surface area contributed by atoms with E-state index in [0.717, 1.165) is 11.5 Å². The number of furan rings is 2. The third-order valence-electron chi connectivity index (χ3n) is 1.96. The molecule has 0 amide bonds. The van der Waals surface area contributed by atoms with Gasteiger partial charge >= 0.3 is 0 Å². The first kappa shape index (κ1) is 8.51. The molecule has 0 atom stereocenters. The summed E-state index contributed by atoms with van der Waals surface area (Å²) in [6.45, 7) is 0. The molecule has 0 saturated carbocycles. The standard InChI is InChI=1S/C10H10O2S/c13-7-8(9-3-1-5-11-9)10-4-2-6-12-10/h1-6,8,13H,7H2. The molecule has 0 aliphatic carbocycles. The summed E-state index contributed by atoms with van der Waals surface area (Å²) in [5, 5.41) is 0. The van der Waals surface area contributed by atoms with Gasteiger partial charge in [0.25, 0.3) is 0 Å². The van der Waals surface area contributed by atoms with Crippen LogP contribution < -0.4 is 0 Å². The Morgan fingerprint density at radius 1 is 1.08 bits per heavy atom. The van der Waals surface area contributed by atoms with Crippen LogP contribution in [-0.2, 0) is 0 Å². The van der Waals surface area contributed by atoms with Crippen molar-refractivity contribution in [1.29, 1.82) is 0 Å². The van der Waals surface area contributed by atoms with E-state index in [0.29, 0.717) is 5.75 Å². The molecule has 68 valence electrons. The Morgan fingerprint density at radius 3 is 1.92 bits per heavy atom. The highest BCUT2D eigenvalue weighted by molar-refractivity contribution is 7.80. The predicted molar refractivity (Wildman–Crippen MR) is 53.1 cm³/mol. The molecule has 3 heteroatoms. The lowest BCUT2D eigenvalue weighted by Gasteiger charge is -2.07. The molecule has 0 N–H and O–H groups in total. The van der Waals surface area contributed by atoms with Gasteiger partial charge in [-0.25, -0.2) is 0 Å². The van der Waals surface area contributed by atoms with E-state index in [1.165, 1.54) is 0 Å². The van der Waals surface area contributed by atoms with Gasteiger partial charge in [-0.1, -0.05) is 0 Å². The van der Waals surface area contributed by atoms with Gasteiger partial charge in [-0.2, -0.15) is 12.6 Å². The molecule has 2 heterocycles. The summed E-state index contributed by atoms with van der Waals surface area (Å²) in [7, 11) is 0. The number of hydrogen-bond donors (Lipinski definition) is 1. The van der Waals surface area contributed by atoms with Gasteiger partial charge in [-0.3, -0.25) is 0 Å². The molecule has 0 radical (unpaired) electrons. The van der Waals surface area contributed by atoms with Crippen molar-refractivity contribution in [3.8, 4) is 0 Å². The van der Waals surface area contributed by atoms with Gasteiger partial charge in [0, 0.05) is 5.75 Å². The normalized spacial score (nSPS) is 10.9. The average Bonchev–Trinajstić information content (AvgIpc) is 2.76. The number of rotatable bonds is 3. The van der Waals surface area contributed by atoms with Gasteiger partial charge in [-0.15, -0.1) is 0 Å². The molecule has 0 aromatic carbocycles. The number of thiol groups is 1. The Morgan fingerprint density at radius 2 is 1.62 bits per heavy atom. The Labute approximate surface area is 82.0 Å². The van der Waals surface area contributed by atoms with E-state index in [1.807, 2.05) is 24.3 Å². The molecular weight excluding hydrogens is 184 g/mol. The first-order valence-corrected chi connectivity index (χ1v) is 4.72. The quantitative estimate of drug-likeness (QED) is 0.760. The van der Waals surface area contributed by atoms with Crippen LogP contribution in [0.2, 0.25) is 0 Å². The van der Waals surface area contributed by atoms with Crippen LogP contribution in [0.3, 0.4) is 0 Å². The van der Waals surface area contributed by atoms with Gasteiger partial charge in [0.15, 0.2) is 0 Å². The highest BCUT2D eigenvalue weighted by Gasteiger charge is 2.17. The van der Waals surface area contributed by atoms with Gasteiger partial charge in [-0.05, 0) is 24.3 Å². The third-order valence-corrected chi connectivity index (χ3v) is 2.32. The first-order valence-electron chi connectivity index (χ1n) is 4.09. The fourth-order valence-electron chi connectivity index (χ4n) is 1.30. The lowest BCUT2D eigenvalue weighted by atomic mass is 10.1. The van der Waals surface area contributed by atoms with E-state index in [4.69, 9.17) is 8.83 Å². The fraction of sp³-hybridized carbons (Fsp3) is 0.200. The average molecular weight is 194 g/mol. The monoisotopic (exact) mass is 194 g/mol. The van der Waals surface area contributed by atoms with Crippen LogP contribution >= 0.6 is 12.6 Å². The molecule has 0 unspecified atom stereocenters. The minimum Gasteiger partial charge on any atom is -0.469 e. The summed E-state index contributed by atoms with van der Waals surface area (Å²) in [5.41, 5.74) is 0. The molecule has 0 fully saturated rings. The van der Waals surface area contributed by atoms with Crippen molar-refractivity contribution in [2.75, 3.05) is 5.75 Å². The van der Waals surface area contributed by atoms with Gasteiger partial charge in [0.1, 0.15) is 11.5 Å². The predicted octanol–water partition coefficient (Wildman–Crippen LogP) is 2.93. The van der Waals surface area contributed by atoms with Crippen LogP contribution in [0.1, 0.15) is 17.4 Å². The molecule has 0 bridgehead atoms. The van der Waals surface area contributed by atoms with Crippen LogP contribution in [0, 0.1) is 0 Å². The number of hydrogen-bond acceptors (Lipinski definition) is 3. The van der Waals surface area contributed by atoms with Crippen molar-refractivity contribution >= 4 is 12.6 Å². The van der Waals surface area contributed by atoms with Crippen LogP contribution in [0.25, 0.3) is 0 Å². The summed E-state index contributed by atoms with van der Waals surface area (Å²) in [5.74, 6) is 2.59. The molecule has 2 rings (SSSR count). The largest absolute Gasteiger partial charge is 0.469 e. The summed E-state index contributed by atoms with van der Waals surface area (Å²) >= 11 is 4.27. The Kier molecular flexibility index (Phi) is 2.45. The smallest absolute Gasteiger partial charge is 0.115 e. The van der Waals surface area contributed by atoms with E-state index >= 15 is 0 Å². The highest BCUT2D eigenvalue weighted by atomic mass is 32.1. The Hall–Kier alpha value is -1.09. The SMILES string of the molecule is SCC(c1ccco1)c1ccco1. The minimum atomic E-state index is 0.119. The van der Waals surface area contributed by atoms with Crippen molar-refractivity contribution in [3.63, 3.8) is 0 Å². The zero-order valence-electron chi connectivity index (χ0n) is 7.01. The molecule has 2 aromatic rings. The fourth-order valence-corrected chi connectivity index (χ4v) is 1.66. The lowest BCUT2D eigenvalue weighted by molar-refractivity contribution is 0.442. The van der Waals surface area contributed by atoms with Gasteiger partial charge in [0.2, 0.25) is 0 Å².